The van der Waals surface area contributed by atoms with Crippen LogP contribution in [0.5, 0.6) is 0 Å². The van der Waals surface area contributed by atoms with Crippen LogP contribution in [0, 0.1) is 12.8 Å². The summed E-state index contributed by atoms with van der Waals surface area (Å²) in [6.07, 6.45) is 4.29. The fourth-order valence-corrected chi connectivity index (χ4v) is 2.93. The summed E-state index contributed by atoms with van der Waals surface area (Å²) in [7, 11) is 0. The average Bonchev–Trinajstić information content (AvgIpc) is 2.46. The van der Waals surface area contributed by atoms with Crippen LogP contribution in [0.2, 0.25) is 0 Å². The first-order valence-electron chi connectivity index (χ1n) is 7.59. The molecule has 19 heavy (non-hydrogen) atoms. The van der Waals surface area contributed by atoms with Crippen molar-refractivity contribution in [2.24, 2.45) is 5.92 Å². The van der Waals surface area contributed by atoms with Crippen molar-refractivity contribution in [3.63, 3.8) is 0 Å². The van der Waals surface area contributed by atoms with Gasteiger partial charge in [0, 0.05) is 31.4 Å². The van der Waals surface area contributed by atoms with Crippen LogP contribution < -0.4 is 10.2 Å². The molecular weight excluding hydrogens is 234 g/mol. The van der Waals surface area contributed by atoms with E-state index < -0.39 is 0 Å². The Kier molecular flexibility index (Phi) is 4.81. The molecule has 1 aromatic rings. The molecule has 0 amide bonds. The fraction of sp³-hybridized carbons (Fsp3) is 0.688. The van der Waals surface area contributed by atoms with E-state index in [1.54, 1.807) is 0 Å². The number of piperazine rings is 1. The van der Waals surface area contributed by atoms with Crippen LogP contribution in [-0.4, -0.2) is 30.2 Å². The van der Waals surface area contributed by atoms with Crippen molar-refractivity contribution in [1.29, 1.82) is 0 Å². The number of aromatic nitrogens is 1. The van der Waals surface area contributed by atoms with Crippen molar-refractivity contribution in [3.8, 4) is 0 Å². The first-order chi connectivity index (χ1) is 9.17. The maximum atomic E-state index is 4.45. The lowest BCUT2D eigenvalue weighted by Crippen LogP contribution is -2.58. The van der Waals surface area contributed by atoms with Gasteiger partial charge in [-0.05, 0) is 31.4 Å². The van der Waals surface area contributed by atoms with E-state index in [4.69, 9.17) is 0 Å². The predicted octanol–water partition coefficient (Wildman–Crippen LogP) is 2.99. The van der Waals surface area contributed by atoms with Gasteiger partial charge in [-0.2, -0.15) is 0 Å². The molecule has 0 aliphatic carbocycles. The number of anilines is 1. The molecule has 3 unspecified atom stereocenters. The molecule has 2 heterocycles. The van der Waals surface area contributed by atoms with Crippen molar-refractivity contribution in [2.45, 2.75) is 52.6 Å². The number of pyridine rings is 1. The summed E-state index contributed by atoms with van der Waals surface area (Å²) in [6.45, 7) is 11.2. The number of aryl methyl sites for hydroxylation is 1. The van der Waals surface area contributed by atoms with Gasteiger partial charge < -0.3 is 10.2 Å². The molecule has 3 heteroatoms. The third kappa shape index (κ3) is 3.08. The molecule has 1 aromatic heterocycles. The maximum absolute atomic E-state index is 4.45. The Balaban J connectivity index is 2.21. The highest BCUT2D eigenvalue weighted by atomic mass is 15.2. The molecule has 1 aliphatic heterocycles. The van der Waals surface area contributed by atoms with Gasteiger partial charge in [0.2, 0.25) is 0 Å². The summed E-state index contributed by atoms with van der Waals surface area (Å²) in [5, 5.41) is 3.73. The zero-order chi connectivity index (χ0) is 13.8. The largest absolute Gasteiger partial charge is 0.364 e. The van der Waals surface area contributed by atoms with E-state index in [1.807, 2.05) is 6.20 Å². The van der Waals surface area contributed by atoms with E-state index in [1.165, 1.54) is 18.5 Å². The van der Waals surface area contributed by atoms with Gasteiger partial charge in [0.1, 0.15) is 0 Å². The van der Waals surface area contributed by atoms with E-state index in [0.29, 0.717) is 12.1 Å². The van der Waals surface area contributed by atoms with E-state index in [9.17, 15) is 0 Å². The van der Waals surface area contributed by atoms with Crippen LogP contribution in [0.15, 0.2) is 18.3 Å². The lowest BCUT2D eigenvalue weighted by atomic mass is 9.94. The number of rotatable bonds is 4. The molecule has 0 bridgehead atoms. The molecule has 106 valence electrons. The van der Waals surface area contributed by atoms with Crippen LogP contribution in [0.1, 0.15) is 39.3 Å². The van der Waals surface area contributed by atoms with Gasteiger partial charge in [0.05, 0.1) is 11.4 Å². The topological polar surface area (TPSA) is 28.2 Å². The molecule has 3 atom stereocenters. The molecule has 1 saturated heterocycles. The lowest BCUT2D eigenvalue weighted by Gasteiger charge is -2.43. The van der Waals surface area contributed by atoms with Crippen LogP contribution in [0.25, 0.3) is 0 Å². The van der Waals surface area contributed by atoms with Gasteiger partial charge in [0.25, 0.3) is 0 Å². The molecule has 0 saturated carbocycles. The molecule has 2 rings (SSSR count). The van der Waals surface area contributed by atoms with Crippen LogP contribution in [0.3, 0.4) is 0 Å². The van der Waals surface area contributed by atoms with Crippen molar-refractivity contribution in [2.75, 3.05) is 18.0 Å². The summed E-state index contributed by atoms with van der Waals surface area (Å²) in [6, 6.07) is 5.44. The molecule has 0 radical (unpaired) electrons. The van der Waals surface area contributed by atoms with Crippen LogP contribution in [-0.2, 0) is 0 Å². The maximum Gasteiger partial charge on any atom is 0.0605 e. The number of hydrogen-bond acceptors (Lipinski definition) is 3. The Morgan fingerprint density at radius 1 is 1.47 bits per heavy atom. The summed E-state index contributed by atoms with van der Waals surface area (Å²) in [4.78, 5) is 7.02. The quantitative estimate of drug-likeness (QED) is 0.903. The van der Waals surface area contributed by atoms with Gasteiger partial charge >= 0.3 is 0 Å². The van der Waals surface area contributed by atoms with Gasteiger partial charge in [-0.15, -0.1) is 0 Å². The second kappa shape index (κ2) is 6.38. The van der Waals surface area contributed by atoms with Gasteiger partial charge in [-0.25, -0.2) is 0 Å². The fourth-order valence-electron chi connectivity index (χ4n) is 2.93. The predicted molar refractivity (Wildman–Crippen MR) is 81.6 cm³/mol. The third-order valence-electron chi connectivity index (χ3n) is 4.54. The Bertz CT molecular complexity index is 405. The molecule has 1 fully saturated rings. The second-order valence-corrected chi connectivity index (χ2v) is 5.72. The first-order valence-corrected chi connectivity index (χ1v) is 7.59. The molecule has 1 N–H and O–H groups in total. The molecule has 0 spiro atoms. The SMILES string of the molecule is CCC(C)C1CN(c2cccnc2C)C(CC)CN1. The highest BCUT2D eigenvalue weighted by molar-refractivity contribution is 5.51. The Morgan fingerprint density at radius 3 is 2.89 bits per heavy atom. The molecule has 3 nitrogen and oxygen atoms in total. The number of hydrogen-bond donors (Lipinski definition) is 1. The zero-order valence-electron chi connectivity index (χ0n) is 12.7. The molecule has 1 aliphatic rings. The minimum absolute atomic E-state index is 0.586. The van der Waals surface area contributed by atoms with Gasteiger partial charge in [-0.3, -0.25) is 4.98 Å². The Hall–Kier alpha value is -1.09. The minimum Gasteiger partial charge on any atom is -0.364 e. The molecular formula is C16H27N3. The average molecular weight is 261 g/mol. The third-order valence-corrected chi connectivity index (χ3v) is 4.54. The Morgan fingerprint density at radius 2 is 2.26 bits per heavy atom. The number of nitrogens with one attached hydrogen (secondary N) is 1. The van der Waals surface area contributed by atoms with Gasteiger partial charge in [0.15, 0.2) is 0 Å². The first kappa shape index (κ1) is 14.3. The van der Waals surface area contributed by atoms with Crippen molar-refractivity contribution >= 4 is 5.69 Å². The van der Waals surface area contributed by atoms with Crippen molar-refractivity contribution < 1.29 is 0 Å². The number of nitrogens with zero attached hydrogens (tertiary/aromatic N) is 2. The molecule has 0 aromatic carbocycles. The smallest absolute Gasteiger partial charge is 0.0605 e. The van der Waals surface area contributed by atoms with Gasteiger partial charge in [-0.1, -0.05) is 27.2 Å². The second-order valence-electron chi connectivity index (χ2n) is 5.72. The van der Waals surface area contributed by atoms with Crippen LogP contribution >= 0.6 is 0 Å². The minimum atomic E-state index is 0.586. The summed E-state index contributed by atoms with van der Waals surface area (Å²) in [5.74, 6) is 0.720. The summed E-state index contributed by atoms with van der Waals surface area (Å²) in [5.41, 5.74) is 2.45. The highest BCUT2D eigenvalue weighted by Gasteiger charge is 2.30. The van der Waals surface area contributed by atoms with E-state index in [0.717, 1.165) is 24.7 Å². The van der Waals surface area contributed by atoms with E-state index in [-0.39, 0.29) is 0 Å². The van der Waals surface area contributed by atoms with Crippen molar-refractivity contribution in [1.82, 2.24) is 10.3 Å². The van der Waals surface area contributed by atoms with E-state index >= 15 is 0 Å². The summed E-state index contributed by atoms with van der Waals surface area (Å²) < 4.78 is 0. The normalized spacial score (nSPS) is 25.4. The standard InChI is InChI=1S/C16H27N3/c1-5-12(3)15-11-19(14(6-2)10-18-15)16-8-7-9-17-13(16)4/h7-9,12,14-15,18H,5-6,10-11H2,1-4H3. The van der Waals surface area contributed by atoms with E-state index in [2.05, 4.69) is 55.0 Å². The summed E-state index contributed by atoms with van der Waals surface area (Å²) >= 11 is 0. The zero-order valence-corrected chi connectivity index (χ0v) is 12.7. The Labute approximate surface area is 117 Å². The lowest BCUT2D eigenvalue weighted by molar-refractivity contribution is 0.306. The van der Waals surface area contributed by atoms with Crippen molar-refractivity contribution in [3.05, 3.63) is 24.0 Å². The monoisotopic (exact) mass is 261 g/mol. The highest BCUT2D eigenvalue weighted by Crippen LogP contribution is 2.25. The van der Waals surface area contributed by atoms with Crippen LogP contribution in [0.4, 0.5) is 5.69 Å².